The van der Waals surface area contributed by atoms with Gasteiger partial charge in [0.2, 0.25) is 5.75 Å². The number of hydrazone groups is 1. The van der Waals surface area contributed by atoms with Crippen molar-refractivity contribution < 1.29 is 23.6 Å². The van der Waals surface area contributed by atoms with E-state index in [0.717, 1.165) is 35.0 Å². The number of methoxy groups -OCH3 is 1. The number of rotatable bonds is 7. The molecule has 4 rings (SSSR count). The van der Waals surface area contributed by atoms with E-state index in [0.29, 0.717) is 12.2 Å². The van der Waals surface area contributed by atoms with Gasteiger partial charge >= 0.3 is 5.69 Å². The van der Waals surface area contributed by atoms with Gasteiger partial charge < -0.3 is 9.47 Å². The molecule has 33 heavy (non-hydrogen) atoms. The zero-order chi connectivity index (χ0) is 23.4. The number of nitro groups is 1. The molecule has 0 N–H and O–H groups in total. The summed E-state index contributed by atoms with van der Waals surface area (Å²) in [5.41, 5.74) is 2.02. The van der Waals surface area contributed by atoms with Gasteiger partial charge in [-0.25, -0.2) is 9.40 Å². The van der Waals surface area contributed by atoms with Crippen LogP contribution in [0, 0.1) is 15.9 Å². The Morgan fingerprint density at radius 3 is 2.55 bits per heavy atom. The van der Waals surface area contributed by atoms with Crippen LogP contribution in [-0.4, -0.2) is 35.3 Å². The van der Waals surface area contributed by atoms with Gasteiger partial charge in [0.15, 0.2) is 6.61 Å². The fourth-order valence-corrected chi connectivity index (χ4v) is 3.59. The van der Waals surface area contributed by atoms with E-state index >= 15 is 0 Å². The quantitative estimate of drug-likeness (QED) is 0.391. The second kappa shape index (κ2) is 9.47. The summed E-state index contributed by atoms with van der Waals surface area (Å²) in [5, 5.41) is 17.0. The van der Waals surface area contributed by atoms with Gasteiger partial charge in [0.05, 0.1) is 23.8 Å². The number of nitrogens with zero attached hydrogens (tertiary/aromatic N) is 3. The van der Waals surface area contributed by atoms with Crippen LogP contribution in [0.15, 0.2) is 77.9 Å². The lowest BCUT2D eigenvalue weighted by Crippen LogP contribution is -2.31. The van der Waals surface area contributed by atoms with Crippen LogP contribution in [0.3, 0.4) is 0 Å². The Balaban J connectivity index is 1.60. The Kier molecular flexibility index (Phi) is 6.30. The Labute approximate surface area is 189 Å². The van der Waals surface area contributed by atoms with Crippen LogP contribution in [0.2, 0.25) is 0 Å². The summed E-state index contributed by atoms with van der Waals surface area (Å²) in [7, 11) is 1.57. The zero-order valence-corrected chi connectivity index (χ0v) is 17.7. The minimum Gasteiger partial charge on any atom is -0.497 e. The molecule has 168 valence electrons. The molecular formula is C24H20FN3O5. The zero-order valence-electron chi connectivity index (χ0n) is 17.7. The number of hydrogen-bond acceptors (Lipinski definition) is 6. The molecule has 0 fully saturated rings. The number of benzene rings is 3. The van der Waals surface area contributed by atoms with Gasteiger partial charge in [0, 0.05) is 18.6 Å². The first kappa shape index (κ1) is 21.9. The van der Waals surface area contributed by atoms with Gasteiger partial charge in [-0.2, -0.15) is 5.10 Å². The van der Waals surface area contributed by atoms with Gasteiger partial charge in [0.1, 0.15) is 11.6 Å². The molecule has 0 radical (unpaired) electrons. The van der Waals surface area contributed by atoms with E-state index in [-0.39, 0.29) is 5.75 Å². The molecule has 0 bridgehead atoms. The summed E-state index contributed by atoms with van der Waals surface area (Å²) < 4.78 is 24.2. The molecule has 9 heteroatoms. The van der Waals surface area contributed by atoms with Crippen LogP contribution < -0.4 is 9.47 Å². The Bertz CT molecular complexity index is 1200. The molecule has 1 aliphatic rings. The smallest absolute Gasteiger partial charge is 0.311 e. The summed E-state index contributed by atoms with van der Waals surface area (Å²) in [6.45, 7) is -0.539. The molecule has 3 aromatic rings. The minimum absolute atomic E-state index is 0.319. The predicted molar refractivity (Wildman–Crippen MR) is 119 cm³/mol. The minimum atomic E-state index is -0.704. The van der Waals surface area contributed by atoms with Crippen LogP contribution >= 0.6 is 0 Å². The summed E-state index contributed by atoms with van der Waals surface area (Å²) in [4.78, 5) is 23.6. The van der Waals surface area contributed by atoms with Crippen LogP contribution in [0.5, 0.6) is 11.5 Å². The van der Waals surface area contributed by atoms with Crippen LogP contribution in [0.25, 0.3) is 0 Å². The third-order valence-corrected chi connectivity index (χ3v) is 5.24. The van der Waals surface area contributed by atoms with Crippen molar-refractivity contribution in [2.75, 3.05) is 13.7 Å². The highest BCUT2D eigenvalue weighted by Gasteiger charge is 2.33. The van der Waals surface area contributed by atoms with E-state index in [4.69, 9.17) is 9.47 Å². The number of ether oxygens (including phenoxy) is 2. The third kappa shape index (κ3) is 4.82. The summed E-state index contributed by atoms with van der Waals surface area (Å²) in [6.07, 6.45) is 0.474. The maximum Gasteiger partial charge on any atom is 0.311 e. The highest BCUT2D eigenvalue weighted by atomic mass is 19.1. The summed E-state index contributed by atoms with van der Waals surface area (Å²) >= 11 is 0. The fraction of sp³-hybridized carbons (Fsp3) is 0.167. The number of amides is 1. The van der Waals surface area contributed by atoms with Crippen LogP contribution in [0.4, 0.5) is 10.1 Å². The SMILES string of the molecule is COc1ccc([C@@H]2CC(c3ccccc3)=NN2C(=O)COc2cc(F)ccc2[N+](=O)[O-])cc1. The van der Waals surface area contributed by atoms with Crippen molar-refractivity contribution in [3.63, 3.8) is 0 Å². The first-order chi connectivity index (χ1) is 16.0. The lowest BCUT2D eigenvalue weighted by molar-refractivity contribution is -0.385. The molecule has 1 amide bonds. The standard InChI is InChI=1S/C24H20FN3O5/c1-32-19-10-7-17(8-11-19)22-14-20(16-5-3-2-4-6-16)26-27(22)24(29)15-33-23-13-18(25)9-12-21(23)28(30)31/h2-13,22H,14-15H2,1H3/t22-/m0/s1. The third-order valence-electron chi connectivity index (χ3n) is 5.24. The molecule has 0 saturated carbocycles. The van der Waals surface area contributed by atoms with Gasteiger partial charge in [-0.05, 0) is 29.3 Å². The molecule has 0 unspecified atom stereocenters. The van der Waals surface area contributed by atoms with Gasteiger partial charge in [-0.3, -0.25) is 14.9 Å². The molecule has 0 aromatic heterocycles. The highest BCUT2D eigenvalue weighted by Crippen LogP contribution is 2.34. The first-order valence-electron chi connectivity index (χ1n) is 10.1. The van der Waals surface area contributed by atoms with Crippen molar-refractivity contribution in [1.29, 1.82) is 0 Å². The normalized spacial score (nSPS) is 15.2. The van der Waals surface area contributed by atoms with Crippen molar-refractivity contribution >= 4 is 17.3 Å². The molecule has 1 aliphatic heterocycles. The van der Waals surface area contributed by atoms with Crippen LogP contribution in [-0.2, 0) is 4.79 Å². The molecular weight excluding hydrogens is 429 g/mol. The maximum absolute atomic E-state index is 13.6. The average molecular weight is 449 g/mol. The lowest BCUT2D eigenvalue weighted by Gasteiger charge is -2.22. The fourth-order valence-electron chi connectivity index (χ4n) is 3.59. The molecule has 0 saturated heterocycles. The maximum atomic E-state index is 13.6. The Morgan fingerprint density at radius 1 is 1.15 bits per heavy atom. The van der Waals surface area contributed by atoms with Crippen molar-refractivity contribution in [3.8, 4) is 11.5 Å². The second-order valence-electron chi connectivity index (χ2n) is 7.30. The number of nitro benzene ring substituents is 1. The van der Waals surface area contributed by atoms with Gasteiger partial charge in [0.25, 0.3) is 5.91 Å². The summed E-state index contributed by atoms with van der Waals surface area (Å²) in [6, 6.07) is 19.2. The van der Waals surface area contributed by atoms with Crippen molar-refractivity contribution in [1.82, 2.24) is 5.01 Å². The van der Waals surface area contributed by atoms with Crippen molar-refractivity contribution in [2.45, 2.75) is 12.5 Å². The largest absolute Gasteiger partial charge is 0.497 e. The van der Waals surface area contributed by atoms with Gasteiger partial charge in [-0.15, -0.1) is 0 Å². The second-order valence-corrected chi connectivity index (χ2v) is 7.30. The Hall–Kier alpha value is -4.27. The van der Waals surface area contributed by atoms with E-state index < -0.39 is 35.0 Å². The van der Waals surface area contributed by atoms with E-state index in [2.05, 4.69) is 5.10 Å². The monoisotopic (exact) mass is 449 g/mol. The number of carbonyl (C=O) groups excluding carboxylic acids is 1. The molecule has 1 atom stereocenters. The molecule has 0 aliphatic carbocycles. The number of carbonyl (C=O) groups is 1. The lowest BCUT2D eigenvalue weighted by atomic mass is 9.98. The number of halogens is 1. The Morgan fingerprint density at radius 2 is 1.88 bits per heavy atom. The molecule has 0 spiro atoms. The van der Waals surface area contributed by atoms with E-state index in [1.807, 2.05) is 42.5 Å². The van der Waals surface area contributed by atoms with Crippen molar-refractivity contribution in [2.24, 2.45) is 5.10 Å². The van der Waals surface area contributed by atoms with Gasteiger partial charge in [-0.1, -0.05) is 42.5 Å². The first-order valence-corrected chi connectivity index (χ1v) is 10.1. The topological polar surface area (TPSA) is 94.3 Å². The van der Waals surface area contributed by atoms with Crippen LogP contribution in [0.1, 0.15) is 23.6 Å². The highest BCUT2D eigenvalue weighted by molar-refractivity contribution is 6.03. The number of hydrogen-bond donors (Lipinski definition) is 0. The molecule has 3 aromatic carbocycles. The average Bonchev–Trinajstić information content (AvgIpc) is 3.28. The van der Waals surface area contributed by atoms with E-state index in [1.165, 1.54) is 5.01 Å². The summed E-state index contributed by atoms with van der Waals surface area (Å²) in [5.74, 6) is -0.855. The van der Waals surface area contributed by atoms with Crippen molar-refractivity contribution in [3.05, 3.63) is 99.9 Å². The molecule has 1 heterocycles. The van der Waals surface area contributed by atoms with E-state index in [9.17, 15) is 19.3 Å². The molecule has 8 nitrogen and oxygen atoms in total. The van der Waals surface area contributed by atoms with E-state index in [1.54, 1.807) is 19.2 Å². The predicted octanol–water partition coefficient (Wildman–Crippen LogP) is 4.50.